The zero-order valence-electron chi connectivity index (χ0n) is 18.7. The highest BCUT2D eigenvalue weighted by Crippen LogP contribution is 2.42. The summed E-state index contributed by atoms with van der Waals surface area (Å²) in [4.78, 5) is 0. The van der Waals surface area contributed by atoms with Gasteiger partial charge in [-0.3, -0.25) is 0 Å². The molecule has 0 bridgehead atoms. The molecule has 0 aromatic heterocycles. The molecule has 9 heteroatoms. The molecule has 0 radical (unpaired) electrons. The van der Waals surface area contributed by atoms with Crippen LogP contribution in [0.1, 0.15) is 62.5 Å². The number of rotatable bonds is 6. The minimum Gasteiger partial charge on any atom is -0.429 e. The van der Waals surface area contributed by atoms with E-state index in [0.29, 0.717) is 37.0 Å². The molecule has 3 aromatic carbocycles. The van der Waals surface area contributed by atoms with E-state index in [1.54, 1.807) is 0 Å². The van der Waals surface area contributed by atoms with Crippen LogP contribution in [-0.2, 0) is 6.11 Å². The molecule has 1 saturated carbocycles. The Morgan fingerprint density at radius 2 is 1.49 bits per heavy atom. The predicted molar refractivity (Wildman–Crippen MR) is 114 cm³/mol. The molecule has 4 rings (SSSR count). The second-order valence-electron chi connectivity index (χ2n) is 8.95. The lowest BCUT2D eigenvalue weighted by molar-refractivity contribution is -0.187. The Bertz CT molecular complexity index is 1250. The number of hydrogen-bond donors (Lipinski definition) is 0. The highest BCUT2D eigenvalue weighted by molar-refractivity contribution is 5.85. The molecule has 0 spiro atoms. The lowest BCUT2D eigenvalue weighted by atomic mass is 9.77. The van der Waals surface area contributed by atoms with Gasteiger partial charge in [0.05, 0.1) is 5.39 Å². The molecule has 0 amide bonds. The van der Waals surface area contributed by atoms with Crippen molar-refractivity contribution in [3.63, 3.8) is 0 Å². The third kappa shape index (κ3) is 4.82. The topological polar surface area (TPSA) is 9.23 Å². The van der Waals surface area contributed by atoms with Gasteiger partial charge in [0.15, 0.2) is 29.1 Å². The van der Waals surface area contributed by atoms with Gasteiger partial charge in [-0.15, -0.1) is 0 Å². The molecule has 1 aliphatic rings. The number of fused-ring (bicyclic) bond motifs is 1. The van der Waals surface area contributed by atoms with Gasteiger partial charge in [0.25, 0.3) is 0 Å². The van der Waals surface area contributed by atoms with Crippen molar-refractivity contribution in [1.29, 1.82) is 0 Å². The van der Waals surface area contributed by atoms with Crippen LogP contribution in [0.25, 0.3) is 10.8 Å². The summed E-state index contributed by atoms with van der Waals surface area (Å²) in [6, 6.07) is 3.21. The van der Waals surface area contributed by atoms with Gasteiger partial charge in [-0.05, 0) is 66.7 Å². The Hall–Kier alpha value is -2.84. The first kappa shape index (κ1) is 25.3. The van der Waals surface area contributed by atoms with Gasteiger partial charge in [-0.2, -0.15) is 8.78 Å². The standard InChI is InChI=1S/C26H22F8O/c1-2-3-13-4-6-14(7-5-13)17-8-9-18(23(30)22(17)29)26(33,34)35-16-10-15-11-20(28)24(31)25(32)21(15)19(27)12-16/h8-14H,2-7H2,1H3. The number of ether oxygens (including phenoxy) is 1. The molecule has 1 fully saturated rings. The van der Waals surface area contributed by atoms with Crippen LogP contribution >= 0.6 is 0 Å². The summed E-state index contributed by atoms with van der Waals surface area (Å²) >= 11 is 0. The molecule has 35 heavy (non-hydrogen) atoms. The van der Waals surface area contributed by atoms with E-state index in [1.807, 2.05) is 0 Å². The van der Waals surface area contributed by atoms with Crippen LogP contribution in [0.4, 0.5) is 35.1 Å². The lowest BCUT2D eigenvalue weighted by Gasteiger charge is -2.29. The molecule has 188 valence electrons. The van der Waals surface area contributed by atoms with Crippen molar-refractivity contribution in [2.75, 3.05) is 0 Å². The summed E-state index contributed by atoms with van der Waals surface area (Å²) in [6.07, 6.45) is 0.576. The molecule has 1 aliphatic carbocycles. The maximum Gasteiger partial charge on any atom is 0.429 e. The van der Waals surface area contributed by atoms with E-state index in [9.17, 15) is 35.1 Å². The lowest BCUT2D eigenvalue weighted by Crippen LogP contribution is -2.25. The van der Waals surface area contributed by atoms with Crippen LogP contribution in [0.2, 0.25) is 0 Å². The van der Waals surface area contributed by atoms with Crippen LogP contribution in [0, 0.1) is 40.8 Å². The molecule has 0 N–H and O–H groups in total. The van der Waals surface area contributed by atoms with Crippen molar-refractivity contribution in [3.8, 4) is 5.75 Å². The highest BCUT2D eigenvalue weighted by atomic mass is 19.3. The Kier molecular flexibility index (Phi) is 6.97. The van der Waals surface area contributed by atoms with Crippen LogP contribution in [0.15, 0.2) is 30.3 Å². The van der Waals surface area contributed by atoms with E-state index >= 15 is 0 Å². The Balaban J connectivity index is 1.61. The number of halogens is 8. The average Bonchev–Trinajstić information content (AvgIpc) is 2.79. The molecule has 0 aliphatic heterocycles. The second-order valence-corrected chi connectivity index (χ2v) is 8.95. The van der Waals surface area contributed by atoms with Crippen LogP contribution in [0.3, 0.4) is 0 Å². The third-order valence-electron chi connectivity index (χ3n) is 6.65. The van der Waals surface area contributed by atoms with Crippen molar-refractivity contribution >= 4 is 10.8 Å². The summed E-state index contributed by atoms with van der Waals surface area (Å²) in [6.45, 7) is 2.07. The third-order valence-corrected chi connectivity index (χ3v) is 6.65. The number of alkyl halides is 2. The van der Waals surface area contributed by atoms with Crippen molar-refractivity contribution in [2.24, 2.45) is 5.92 Å². The largest absolute Gasteiger partial charge is 0.429 e. The monoisotopic (exact) mass is 502 g/mol. The molecule has 0 saturated heterocycles. The summed E-state index contributed by atoms with van der Waals surface area (Å²) in [5.41, 5.74) is -1.39. The first-order valence-corrected chi connectivity index (χ1v) is 11.3. The van der Waals surface area contributed by atoms with Crippen molar-refractivity contribution in [2.45, 2.75) is 57.5 Å². The minimum atomic E-state index is -4.44. The predicted octanol–water partition coefficient (Wildman–Crippen LogP) is 8.88. The summed E-state index contributed by atoms with van der Waals surface area (Å²) in [5, 5.41) is -1.55. The summed E-state index contributed by atoms with van der Waals surface area (Å²) in [7, 11) is 0. The van der Waals surface area contributed by atoms with E-state index in [0.717, 1.165) is 37.8 Å². The van der Waals surface area contributed by atoms with Gasteiger partial charge in [-0.25, -0.2) is 26.3 Å². The van der Waals surface area contributed by atoms with Gasteiger partial charge >= 0.3 is 6.11 Å². The Labute approximate surface area is 196 Å². The summed E-state index contributed by atoms with van der Waals surface area (Å²) < 4.78 is 119. The van der Waals surface area contributed by atoms with Crippen molar-refractivity contribution in [3.05, 3.63) is 76.4 Å². The molecule has 0 unspecified atom stereocenters. The maximum absolute atomic E-state index is 14.8. The van der Waals surface area contributed by atoms with E-state index in [2.05, 4.69) is 11.7 Å². The van der Waals surface area contributed by atoms with Gasteiger partial charge in [0.1, 0.15) is 17.1 Å². The normalized spacial score (nSPS) is 18.8. The number of hydrogen-bond acceptors (Lipinski definition) is 1. The average molecular weight is 502 g/mol. The Morgan fingerprint density at radius 1 is 0.800 bits per heavy atom. The van der Waals surface area contributed by atoms with Gasteiger partial charge in [0, 0.05) is 6.07 Å². The SMILES string of the molecule is CCCC1CCC(c2ccc(C(F)(F)Oc3cc(F)c4c(F)c(F)c(F)cc4c3)c(F)c2F)CC1. The van der Waals surface area contributed by atoms with Gasteiger partial charge in [-0.1, -0.05) is 25.8 Å². The zero-order valence-corrected chi connectivity index (χ0v) is 18.7. The summed E-state index contributed by atoms with van der Waals surface area (Å²) in [5.74, 6) is -10.8. The highest BCUT2D eigenvalue weighted by Gasteiger charge is 2.40. The van der Waals surface area contributed by atoms with Gasteiger partial charge < -0.3 is 4.74 Å². The fraction of sp³-hybridized carbons (Fsp3) is 0.385. The minimum absolute atomic E-state index is 0.0155. The maximum atomic E-state index is 14.8. The fourth-order valence-corrected chi connectivity index (χ4v) is 4.90. The van der Waals surface area contributed by atoms with Crippen molar-refractivity contribution in [1.82, 2.24) is 0 Å². The molecule has 0 atom stereocenters. The van der Waals surface area contributed by atoms with E-state index in [4.69, 9.17) is 0 Å². The Morgan fingerprint density at radius 3 is 2.14 bits per heavy atom. The number of benzene rings is 3. The first-order valence-electron chi connectivity index (χ1n) is 11.3. The zero-order chi connectivity index (χ0) is 25.5. The molecular formula is C26H22F8O. The smallest absolute Gasteiger partial charge is 0.429 e. The van der Waals surface area contributed by atoms with E-state index in [1.165, 1.54) is 0 Å². The van der Waals surface area contributed by atoms with E-state index < -0.39 is 63.1 Å². The fourth-order valence-electron chi connectivity index (χ4n) is 4.90. The van der Waals surface area contributed by atoms with E-state index in [-0.39, 0.29) is 11.5 Å². The molecule has 1 nitrogen and oxygen atoms in total. The quantitative estimate of drug-likeness (QED) is 0.242. The van der Waals surface area contributed by atoms with Crippen LogP contribution in [-0.4, -0.2) is 0 Å². The molecule has 3 aromatic rings. The second kappa shape index (κ2) is 9.66. The molecule has 0 heterocycles. The van der Waals surface area contributed by atoms with Crippen molar-refractivity contribution < 1.29 is 39.9 Å². The van der Waals surface area contributed by atoms with Gasteiger partial charge in [0.2, 0.25) is 0 Å². The van der Waals surface area contributed by atoms with Crippen LogP contribution in [0.5, 0.6) is 5.75 Å². The molecular weight excluding hydrogens is 480 g/mol. The first-order chi connectivity index (χ1) is 16.5. The van der Waals surface area contributed by atoms with Crippen LogP contribution < -0.4 is 4.74 Å².